The molecule has 0 N–H and O–H groups in total. The summed E-state index contributed by atoms with van der Waals surface area (Å²) in [4.78, 5) is 14.3. The third-order valence-electron chi connectivity index (χ3n) is 3.12. The smallest absolute Gasteiger partial charge is 0.406 e. The predicted octanol–water partition coefficient (Wildman–Crippen LogP) is 2.90. The summed E-state index contributed by atoms with van der Waals surface area (Å²) in [5, 5.41) is 0. The third-order valence-corrected chi connectivity index (χ3v) is 3.12. The van der Waals surface area contributed by atoms with Crippen molar-refractivity contribution in [3.8, 4) is 0 Å². The molecule has 2 aromatic heterocycles. The second-order valence-corrected chi connectivity index (χ2v) is 5.17. The number of rotatable bonds is 7. The van der Waals surface area contributed by atoms with E-state index in [1.807, 2.05) is 0 Å². The fourth-order valence-electron chi connectivity index (χ4n) is 2.08. The largest absolute Gasteiger partial charge is 0.468 e. The number of amides is 1. The van der Waals surface area contributed by atoms with Crippen LogP contribution in [0, 0.1) is 0 Å². The van der Waals surface area contributed by atoms with Gasteiger partial charge in [0.2, 0.25) is 5.91 Å². The number of alkyl halides is 3. The zero-order valence-electron chi connectivity index (χ0n) is 12.5. The normalized spacial score (nSPS) is 11.9. The number of carbonyl (C=O) groups is 1. The van der Waals surface area contributed by atoms with Gasteiger partial charge in [-0.15, -0.1) is 0 Å². The minimum Gasteiger partial charge on any atom is -0.468 e. The first-order valence-corrected chi connectivity index (χ1v) is 6.91. The number of halogens is 3. The van der Waals surface area contributed by atoms with Crippen molar-refractivity contribution in [3.63, 3.8) is 0 Å². The summed E-state index contributed by atoms with van der Waals surface area (Å²) < 4.78 is 47.6. The van der Waals surface area contributed by atoms with E-state index in [2.05, 4.69) is 0 Å². The number of nitrogens with zero attached hydrogens (tertiary/aromatic N) is 2. The molecule has 0 aliphatic rings. The number of furan rings is 2. The van der Waals surface area contributed by atoms with Crippen molar-refractivity contribution in [2.24, 2.45) is 0 Å². The average molecular weight is 330 g/mol. The Labute approximate surface area is 131 Å². The maximum atomic E-state index is 12.4. The van der Waals surface area contributed by atoms with Crippen molar-refractivity contribution in [3.05, 3.63) is 48.3 Å². The van der Waals surface area contributed by atoms with E-state index >= 15 is 0 Å². The Bertz CT molecular complexity index is 558. The summed E-state index contributed by atoms with van der Waals surface area (Å²) >= 11 is 0. The summed E-state index contributed by atoms with van der Waals surface area (Å²) in [5.41, 5.74) is 0. The molecule has 0 bridgehead atoms. The fraction of sp³-hybridized carbons (Fsp3) is 0.400. The van der Waals surface area contributed by atoms with Gasteiger partial charge in [0.25, 0.3) is 0 Å². The van der Waals surface area contributed by atoms with E-state index in [1.165, 1.54) is 12.5 Å². The maximum absolute atomic E-state index is 12.4. The highest BCUT2D eigenvalue weighted by Gasteiger charge is 2.31. The molecule has 5 nitrogen and oxygen atoms in total. The van der Waals surface area contributed by atoms with Crippen LogP contribution < -0.4 is 0 Å². The molecule has 0 spiro atoms. The lowest BCUT2D eigenvalue weighted by Gasteiger charge is -2.24. The van der Waals surface area contributed by atoms with Crippen LogP contribution in [-0.2, 0) is 17.9 Å². The molecule has 23 heavy (non-hydrogen) atoms. The highest BCUT2D eigenvalue weighted by atomic mass is 19.4. The molecular formula is C15H17F3N2O3. The number of likely N-dealkylation sites (N-methyl/N-ethyl adjacent to an activating group) is 1. The minimum absolute atomic E-state index is 0.173. The van der Waals surface area contributed by atoms with Gasteiger partial charge < -0.3 is 13.7 Å². The van der Waals surface area contributed by atoms with E-state index in [9.17, 15) is 18.0 Å². The Hall–Kier alpha value is -2.22. The van der Waals surface area contributed by atoms with Gasteiger partial charge in [0, 0.05) is 7.05 Å². The molecule has 1 amide bonds. The molecule has 0 radical (unpaired) electrons. The van der Waals surface area contributed by atoms with Crippen molar-refractivity contribution in [2.75, 3.05) is 20.1 Å². The first-order valence-electron chi connectivity index (χ1n) is 6.91. The van der Waals surface area contributed by atoms with Crippen molar-refractivity contribution in [1.82, 2.24) is 9.80 Å². The Kier molecular flexibility index (Phi) is 5.49. The lowest BCUT2D eigenvalue weighted by atomic mass is 10.3. The highest BCUT2D eigenvalue weighted by Crippen LogP contribution is 2.16. The van der Waals surface area contributed by atoms with Gasteiger partial charge in [0.05, 0.1) is 32.2 Å². The topological polar surface area (TPSA) is 49.8 Å². The molecule has 0 saturated carbocycles. The summed E-state index contributed by atoms with van der Waals surface area (Å²) in [7, 11) is 1.13. The Morgan fingerprint density at radius 3 is 2.00 bits per heavy atom. The van der Waals surface area contributed by atoms with Crippen LogP contribution >= 0.6 is 0 Å². The van der Waals surface area contributed by atoms with Crippen molar-refractivity contribution >= 4 is 5.91 Å². The van der Waals surface area contributed by atoms with Crippen LogP contribution in [0.4, 0.5) is 13.2 Å². The van der Waals surface area contributed by atoms with Crippen LogP contribution in [0.15, 0.2) is 45.6 Å². The van der Waals surface area contributed by atoms with Crippen LogP contribution in [0.1, 0.15) is 11.5 Å². The fourth-order valence-corrected chi connectivity index (χ4v) is 2.08. The van der Waals surface area contributed by atoms with Crippen LogP contribution in [-0.4, -0.2) is 42.0 Å². The van der Waals surface area contributed by atoms with Gasteiger partial charge in [0.15, 0.2) is 0 Å². The summed E-state index contributed by atoms with van der Waals surface area (Å²) in [6.07, 6.45) is -1.42. The molecule has 0 aromatic carbocycles. The average Bonchev–Trinajstić information content (AvgIpc) is 3.10. The van der Waals surface area contributed by atoms with Crippen LogP contribution in [0.5, 0.6) is 0 Å². The van der Waals surface area contributed by atoms with Crippen molar-refractivity contribution < 1.29 is 26.8 Å². The van der Waals surface area contributed by atoms with E-state index in [-0.39, 0.29) is 6.54 Å². The second kappa shape index (κ2) is 7.36. The molecule has 8 heteroatoms. The first-order chi connectivity index (χ1) is 10.8. The van der Waals surface area contributed by atoms with Gasteiger partial charge in [0.1, 0.15) is 18.1 Å². The Morgan fingerprint density at radius 2 is 1.61 bits per heavy atom. The van der Waals surface area contributed by atoms with E-state index in [4.69, 9.17) is 8.83 Å². The Balaban J connectivity index is 1.99. The number of hydrogen-bond donors (Lipinski definition) is 0. The van der Waals surface area contributed by atoms with Crippen molar-refractivity contribution in [1.29, 1.82) is 0 Å². The third kappa shape index (κ3) is 5.82. The summed E-state index contributed by atoms with van der Waals surface area (Å²) in [5.74, 6) is 0.603. The van der Waals surface area contributed by atoms with E-state index < -0.39 is 18.6 Å². The van der Waals surface area contributed by atoms with Gasteiger partial charge in [-0.25, -0.2) is 0 Å². The van der Waals surface area contributed by atoms with Gasteiger partial charge >= 0.3 is 6.18 Å². The molecule has 2 rings (SSSR count). The van der Waals surface area contributed by atoms with Gasteiger partial charge in [-0.05, 0) is 24.3 Å². The predicted molar refractivity (Wildman–Crippen MR) is 75.2 cm³/mol. The molecule has 0 unspecified atom stereocenters. The van der Waals surface area contributed by atoms with Crippen LogP contribution in [0.2, 0.25) is 0 Å². The standard InChI is InChI=1S/C15H17F3N2O3/c1-19(11-15(16,17)18)14(21)10-20(8-12-4-2-6-22-12)9-13-5-3-7-23-13/h2-7H,8-11H2,1H3. The lowest BCUT2D eigenvalue weighted by Crippen LogP contribution is -2.42. The maximum Gasteiger partial charge on any atom is 0.406 e. The van der Waals surface area contributed by atoms with Crippen molar-refractivity contribution in [2.45, 2.75) is 19.3 Å². The van der Waals surface area contributed by atoms with Gasteiger partial charge in [-0.2, -0.15) is 13.2 Å². The monoisotopic (exact) mass is 330 g/mol. The number of hydrogen-bond acceptors (Lipinski definition) is 4. The summed E-state index contributed by atoms with van der Waals surface area (Å²) in [6, 6.07) is 6.88. The molecular weight excluding hydrogens is 313 g/mol. The molecule has 126 valence electrons. The van der Waals surface area contributed by atoms with E-state index in [0.717, 1.165) is 7.05 Å². The lowest BCUT2D eigenvalue weighted by molar-refractivity contribution is -0.159. The SMILES string of the molecule is CN(CC(F)(F)F)C(=O)CN(Cc1ccco1)Cc1ccco1. The minimum atomic E-state index is -4.42. The molecule has 0 fully saturated rings. The van der Waals surface area contributed by atoms with Crippen LogP contribution in [0.25, 0.3) is 0 Å². The number of carbonyl (C=O) groups excluding carboxylic acids is 1. The van der Waals surface area contributed by atoms with E-state index in [1.54, 1.807) is 29.2 Å². The molecule has 0 aliphatic heterocycles. The van der Waals surface area contributed by atoms with Crippen LogP contribution in [0.3, 0.4) is 0 Å². The second-order valence-electron chi connectivity index (χ2n) is 5.17. The molecule has 2 heterocycles. The Morgan fingerprint density at radius 1 is 1.09 bits per heavy atom. The molecule has 2 aromatic rings. The van der Waals surface area contributed by atoms with Gasteiger partial charge in [-0.3, -0.25) is 9.69 Å². The zero-order valence-corrected chi connectivity index (χ0v) is 12.5. The van der Waals surface area contributed by atoms with E-state index in [0.29, 0.717) is 29.5 Å². The van der Waals surface area contributed by atoms with Gasteiger partial charge in [-0.1, -0.05) is 0 Å². The molecule has 0 aliphatic carbocycles. The quantitative estimate of drug-likeness (QED) is 0.783. The highest BCUT2D eigenvalue weighted by molar-refractivity contribution is 5.78. The molecule has 0 saturated heterocycles. The molecule has 0 atom stereocenters. The first kappa shape index (κ1) is 17.1. The summed E-state index contributed by atoms with van der Waals surface area (Å²) in [6.45, 7) is -0.867. The zero-order chi connectivity index (χ0) is 16.9.